The molecule has 2 atom stereocenters. The van der Waals surface area contributed by atoms with Crippen molar-refractivity contribution < 1.29 is 14.6 Å². The Hall–Kier alpha value is -1.62. The van der Waals surface area contributed by atoms with Crippen molar-refractivity contribution in [2.24, 2.45) is 5.92 Å². The predicted molar refractivity (Wildman–Crippen MR) is 68.0 cm³/mol. The highest BCUT2D eigenvalue weighted by Crippen LogP contribution is 2.25. The summed E-state index contributed by atoms with van der Waals surface area (Å²) in [6, 6.07) is 3.23. The number of piperidine rings is 1. The van der Waals surface area contributed by atoms with Crippen molar-refractivity contribution >= 4 is 11.8 Å². The molecule has 0 aromatic carbocycles. The lowest BCUT2D eigenvalue weighted by Crippen LogP contribution is -2.44. The summed E-state index contributed by atoms with van der Waals surface area (Å²) in [4.78, 5) is 17.4. The quantitative estimate of drug-likeness (QED) is 0.883. The molecule has 5 heteroatoms. The summed E-state index contributed by atoms with van der Waals surface area (Å²) in [5.74, 6) is 0.0906. The number of carbonyl (C=O) groups is 1. The number of methoxy groups -OCH3 is 1. The molecule has 1 aliphatic rings. The average molecular weight is 250 g/mol. The molecule has 1 fully saturated rings. The van der Waals surface area contributed by atoms with Gasteiger partial charge in [0.15, 0.2) is 0 Å². The minimum Gasteiger partial charge on any atom is -0.478 e. The van der Waals surface area contributed by atoms with E-state index in [1.165, 1.54) is 0 Å². The van der Waals surface area contributed by atoms with Crippen LogP contribution < -0.4 is 4.90 Å². The molecule has 5 nitrogen and oxygen atoms in total. The molecule has 0 saturated carbocycles. The number of hydrogen-bond donors (Lipinski definition) is 1. The Kier molecular flexibility index (Phi) is 3.81. The summed E-state index contributed by atoms with van der Waals surface area (Å²) >= 11 is 0. The molecular weight excluding hydrogens is 232 g/mol. The second-order valence-corrected chi connectivity index (χ2v) is 4.67. The van der Waals surface area contributed by atoms with Gasteiger partial charge in [0.25, 0.3) is 0 Å². The molecule has 2 unspecified atom stereocenters. The molecule has 0 radical (unpaired) electrons. The first-order valence-electron chi connectivity index (χ1n) is 6.09. The highest BCUT2D eigenvalue weighted by molar-refractivity contribution is 5.93. The van der Waals surface area contributed by atoms with Gasteiger partial charge in [0.1, 0.15) is 11.4 Å². The monoisotopic (exact) mass is 250 g/mol. The number of pyridine rings is 1. The number of carboxylic acids is 1. The average Bonchev–Trinajstić information content (AvgIpc) is 2.39. The van der Waals surface area contributed by atoms with Crippen LogP contribution in [0.3, 0.4) is 0 Å². The van der Waals surface area contributed by atoms with Gasteiger partial charge in [0, 0.05) is 26.4 Å². The van der Waals surface area contributed by atoms with Gasteiger partial charge in [0.2, 0.25) is 0 Å². The van der Waals surface area contributed by atoms with Gasteiger partial charge < -0.3 is 14.7 Å². The van der Waals surface area contributed by atoms with E-state index < -0.39 is 5.97 Å². The SMILES string of the molecule is COC1CN(c2ncccc2C(=O)O)CCC1C. The first kappa shape index (κ1) is 12.8. The van der Waals surface area contributed by atoms with E-state index >= 15 is 0 Å². The maximum atomic E-state index is 11.2. The molecule has 0 spiro atoms. The van der Waals surface area contributed by atoms with Crippen LogP contribution in [0.5, 0.6) is 0 Å². The van der Waals surface area contributed by atoms with Crippen LogP contribution in [0.4, 0.5) is 5.82 Å². The lowest BCUT2D eigenvalue weighted by molar-refractivity contribution is 0.0494. The van der Waals surface area contributed by atoms with Gasteiger partial charge >= 0.3 is 5.97 Å². The van der Waals surface area contributed by atoms with Gasteiger partial charge in [-0.3, -0.25) is 0 Å². The maximum Gasteiger partial charge on any atom is 0.339 e. The minimum absolute atomic E-state index is 0.127. The van der Waals surface area contributed by atoms with Crippen LogP contribution in [0.2, 0.25) is 0 Å². The fourth-order valence-electron chi connectivity index (χ4n) is 2.35. The summed E-state index contributed by atoms with van der Waals surface area (Å²) in [5.41, 5.74) is 0.252. The van der Waals surface area contributed by atoms with E-state index in [0.717, 1.165) is 13.0 Å². The second kappa shape index (κ2) is 5.35. The molecule has 18 heavy (non-hydrogen) atoms. The molecule has 98 valence electrons. The number of carboxylic acid groups (broad SMARTS) is 1. The molecule has 1 aromatic heterocycles. The third kappa shape index (κ3) is 2.46. The lowest BCUT2D eigenvalue weighted by atomic mass is 9.95. The number of nitrogens with zero attached hydrogens (tertiary/aromatic N) is 2. The van der Waals surface area contributed by atoms with Crippen molar-refractivity contribution in [2.75, 3.05) is 25.1 Å². The Morgan fingerprint density at radius 1 is 1.61 bits per heavy atom. The standard InChI is InChI=1S/C13H18N2O3/c1-9-5-7-15(8-11(9)18-2)12-10(13(16)17)4-3-6-14-12/h3-4,6,9,11H,5,7-8H2,1-2H3,(H,16,17). The van der Waals surface area contributed by atoms with Crippen LogP contribution in [0.15, 0.2) is 18.3 Å². The third-order valence-electron chi connectivity index (χ3n) is 3.51. The van der Waals surface area contributed by atoms with E-state index in [1.54, 1.807) is 25.4 Å². The number of aromatic nitrogens is 1. The number of aromatic carboxylic acids is 1. The van der Waals surface area contributed by atoms with Crippen LogP contribution in [-0.4, -0.2) is 42.4 Å². The summed E-state index contributed by atoms with van der Waals surface area (Å²) in [6.07, 6.45) is 2.73. The van der Waals surface area contributed by atoms with Gasteiger partial charge in [-0.25, -0.2) is 9.78 Å². The van der Waals surface area contributed by atoms with Crippen molar-refractivity contribution in [3.8, 4) is 0 Å². The van der Waals surface area contributed by atoms with Crippen LogP contribution >= 0.6 is 0 Å². The number of anilines is 1. The van der Waals surface area contributed by atoms with Crippen LogP contribution in [0.1, 0.15) is 23.7 Å². The zero-order valence-corrected chi connectivity index (χ0v) is 10.7. The molecule has 0 aliphatic carbocycles. The van der Waals surface area contributed by atoms with Gasteiger partial charge in [-0.15, -0.1) is 0 Å². The van der Waals surface area contributed by atoms with Crippen molar-refractivity contribution in [2.45, 2.75) is 19.4 Å². The zero-order chi connectivity index (χ0) is 13.1. The predicted octanol–water partition coefficient (Wildman–Crippen LogP) is 1.64. The molecule has 1 aliphatic heterocycles. The van der Waals surface area contributed by atoms with E-state index in [1.807, 2.05) is 4.90 Å². The largest absolute Gasteiger partial charge is 0.478 e. The third-order valence-corrected chi connectivity index (χ3v) is 3.51. The topological polar surface area (TPSA) is 62.7 Å². The van der Waals surface area contributed by atoms with Gasteiger partial charge in [-0.1, -0.05) is 6.92 Å². The van der Waals surface area contributed by atoms with E-state index in [4.69, 9.17) is 4.74 Å². The van der Waals surface area contributed by atoms with Crippen molar-refractivity contribution in [3.05, 3.63) is 23.9 Å². The van der Waals surface area contributed by atoms with Crippen molar-refractivity contribution in [1.29, 1.82) is 0 Å². The summed E-state index contributed by atoms with van der Waals surface area (Å²) < 4.78 is 5.44. The molecule has 1 saturated heterocycles. The molecule has 0 bridgehead atoms. The summed E-state index contributed by atoms with van der Waals surface area (Å²) in [7, 11) is 1.70. The molecule has 0 amide bonds. The Morgan fingerprint density at radius 2 is 2.39 bits per heavy atom. The minimum atomic E-state index is -0.939. The van der Waals surface area contributed by atoms with Crippen LogP contribution in [0, 0.1) is 5.92 Å². The van der Waals surface area contributed by atoms with Gasteiger partial charge in [-0.2, -0.15) is 0 Å². The molecule has 1 aromatic rings. The summed E-state index contributed by atoms with van der Waals surface area (Å²) in [6.45, 7) is 3.66. The second-order valence-electron chi connectivity index (χ2n) is 4.67. The number of ether oxygens (including phenoxy) is 1. The maximum absolute atomic E-state index is 11.2. The van der Waals surface area contributed by atoms with E-state index in [2.05, 4.69) is 11.9 Å². The fourth-order valence-corrected chi connectivity index (χ4v) is 2.35. The smallest absolute Gasteiger partial charge is 0.339 e. The Balaban J connectivity index is 2.24. The molecule has 1 N–H and O–H groups in total. The molecular formula is C13H18N2O3. The molecule has 2 rings (SSSR count). The van der Waals surface area contributed by atoms with Gasteiger partial charge in [0.05, 0.1) is 6.10 Å². The van der Waals surface area contributed by atoms with Crippen LogP contribution in [0.25, 0.3) is 0 Å². The van der Waals surface area contributed by atoms with E-state index in [0.29, 0.717) is 18.3 Å². The number of hydrogen-bond acceptors (Lipinski definition) is 4. The highest BCUT2D eigenvalue weighted by Gasteiger charge is 2.28. The van der Waals surface area contributed by atoms with E-state index in [-0.39, 0.29) is 11.7 Å². The van der Waals surface area contributed by atoms with Gasteiger partial charge in [-0.05, 0) is 24.5 Å². The molecule has 2 heterocycles. The number of rotatable bonds is 3. The van der Waals surface area contributed by atoms with Crippen molar-refractivity contribution in [3.63, 3.8) is 0 Å². The Bertz CT molecular complexity index is 436. The van der Waals surface area contributed by atoms with Crippen molar-refractivity contribution in [1.82, 2.24) is 4.98 Å². The lowest BCUT2D eigenvalue weighted by Gasteiger charge is -2.37. The normalized spacial score (nSPS) is 24.0. The first-order chi connectivity index (χ1) is 8.63. The first-order valence-corrected chi connectivity index (χ1v) is 6.09. The Morgan fingerprint density at radius 3 is 3.06 bits per heavy atom. The van der Waals surface area contributed by atoms with Crippen LogP contribution in [-0.2, 0) is 4.74 Å². The summed E-state index contributed by atoms with van der Waals surface area (Å²) in [5, 5.41) is 9.17. The zero-order valence-electron chi connectivity index (χ0n) is 10.7. The highest BCUT2D eigenvalue weighted by atomic mass is 16.5. The Labute approximate surface area is 106 Å². The fraction of sp³-hybridized carbons (Fsp3) is 0.538. The van der Waals surface area contributed by atoms with E-state index in [9.17, 15) is 9.90 Å².